The highest BCUT2D eigenvalue weighted by atomic mass is 19.1. The van der Waals surface area contributed by atoms with Crippen LogP contribution in [-0.2, 0) is 4.74 Å². The van der Waals surface area contributed by atoms with Gasteiger partial charge in [-0.1, -0.05) is 19.4 Å². The lowest BCUT2D eigenvalue weighted by Crippen LogP contribution is -2.08. The first-order chi connectivity index (χ1) is 9.24. The molecule has 1 unspecified atom stereocenters. The molecule has 0 radical (unpaired) electrons. The molecule has 1 aliphatic rings. The van der Waals surface area contributed by atoms with E-state index in [0.29, 0.717) is 11.6 Å². The number of allylic oxidation sites excluding steroid dienone is 2. The Bertz CT molecular complexity index is 463. The Morgan fingerprint density at radius 2 is 2.32 bits per heavy atom. The van der Waals surface area contributed by atoms with E-state index in [1.165, 1.54) is 7.11 Å². The van der Waals surface area contributed by atoms with Gasteiger partial charge in [-0.3, -0.25) is 0 Å². The van der Waals surface area contributed by atoms with Gasteiger partial charge in [0.25, 0.3) is 0 Å². The first kappa shape index (κ1) is 13.9. The van der Waals surface area contributed by atoms with E-state index in [9.17, 15) is 4.39 Å². The van der Waals surface area contributed by atoms with Crippen LogP contribution in [0.15, 0.2) is 12.3 Å². The Morgan fingerprint density at radius 1 is 1.47 bits per heavy atom. The zero-order valence-corrected chi connectivity index (χ0v) is 11.4. The van der Waals surface area contributed by atoms with Crippen LogP contribution in [0.3, 0.4) is 0 Å². The number of ether oxygens (including phenoxy) is 2. The minimum Gasteiger partial charge on any atom is -0.436 e. The smallest absolute Gasteiger partial charge is 0.319 e. The van der Waals surface area contributed by atoms with Gasteiger partial charge in [0.15, 0.2) is 12.6 Å². The Labute approximate surface area is 112 Å². The molecule has 1 aromatic heterocycles. The average Bonchev–Trinajstić information content (AvgIpc) is 2.46. The lowest BCUT2D eigenvalue weighted by Gasteiger charge is -2.20. The van der Waals surface area contributed by atoms with Gasteiger partial charge in [-0.2, -0.15) is 4.98 Å². The van der Waals surface area contributed by atoms with Gasteiger partial charge in [0, 0.05) is 7.11 Å². The van der Waals surface area contributed by atoms with E-state index in [2.05, 4.69) is 23.0 Å². The summed E-state index contributed by atoms with van der Waals surface area (Å²) in [7, 11) is 1.51. The third-order valence-electron chi connectivity index (χ3n) is 3.43. The van der Waals surface area contributed by atoms with Crippen LogP contribution >= 0.6 is 0 Å². The molecule has 1 aromatic rings. The van der Waals surface area contributed by atoms with Crippen molar-refractivity contribution in [2.75, 3.05) is 13.9 Å². The zero-order valence-electron chi connectivity index (χ0n) is 11.4. The fraction of sp³-hybridized carbons (Fsp3) is 0.571. The van der Waals surface area contributed by atoms with Gasteiger partial charge in [-0.25, -0.2) is 9.37 Å². The summed E-state index contributed by atoms with van der Waals surface area (Å²) in [5.41, 5.74) is 1.31. The summed E-state index contributed by atoms with van der Waals surface area (Å²) in [6, 6.07) is 0.150. The molecular weight excluding hydrogens is 247 g/mol. The number of hydrogen-bond donors (Lipinski definition) is 0. The van der Waals surface area contributed by atoms with Gasteiger partial charge in [0.05, 0.1) is 6.20 Å². The summed E-state index contributed by atoms with van der Waals surface area (Å²) in [6.45, 7) is 2.24. The Kier molecular flexibility index (Phi) is 4.85. The van der Waals surface area contributed by atoms with Crippen molar-refractivity contribution in [1.29, 1.82) is 0 Å². The number of aromatic nitrogens is 2. The monoisotopic (exact) mass is 266 g/mol. The molecule has 0 saturated heterocycles. The topological polar surface area (TPSA) is 44.2 Å². The summed E-state index contributed by atoms with van der Waals surface area (Å²) in [6.07, 6.45) is 7.33. The minimum atomic E-state index is -0.397. The average molecular weight is 266 g/mol. The molecule has 0 bridgehead atoms. The van der Waals surface area contributed by atoms with E-state index in [-0.39, 0.29) is 12.8 Å². The fourth-order valence-electron chi connectivity index (χ4n) is 2.23. The molecule has 4 nitrogen and oxygen atoms in total. The van der Waals surface area contributed by atoms with Crippen molar-refractivity contribution < 1.29 is 13.9 Å². The van der Waals surface area contributed by atoms with Crippen LogP contribution in [0.5, 0.6) is 6.01 Å². The standard InChI is InChI=1S/C14H19FN2O2/c1-3-10-4-6-11(7-5-10)13-12(15)8-16-14(17-13)19-9-18-2/h6,8,10H,3-5,7,9H2,1-2H3. The fourth-order valence-corrected chi connectivity index (χ4v) is 2.23. The minimum absolute atomic E-state index is 0.0576. The molecule has 0 aliphatic heterocycles. The Morgan fingerprint density at radius 3 is 2.95 bits per heavy atom. The molecule has 0 spiro atoms. The molecule has 0 fully saturated rings. The van der Waals surface area contributed by atoms with Gasteiger partial charge in [0.2, 0.25) is 0 Å². The summed E-state index contributed by atoms with van der Waals surface area (Å²) < 4.78 is 23.7. The highest BCUT2D eigenvalue weighted by molar-refractivity contribution is 5.63. The third-order valence-corrected chi connectivity index (χ3v) is 3.43. The molecule has 19 heavy (non-hydrogen) atoms. The van der Waals surface area contributed by atoms with Gasteiger partial charge in [0.1, 0.15) is 5.69 Å². The van der Waals surface area contributed by atoms with E-state index in [4.69, 9.17) is 9.47 Å². The molecule has 1 aliphatic carbocycles. The normalized spacial score (nSPS) is 19.1. The molecule has 5 heteroatoms. The predicted molar refractivity (Wildman–Crippen MR) is 70.1 cm³/mol. The summed E-state index contributed by atoms with van der Waals surface area (Å²) >= 11 is 0. The van der Waals surface area contributed by atoms with Crippen molar-refractivity contribution in [1.82, 2.24) is 9.97 Å². The summed E-state index contributed by atoms with van der Waals surface area (Å²) in [5, 5.41) is 0. The molecule has 1 atom stereocenters. The van der Waals surface area contributed by atoms with E-state index >= 15 is 0 Å². The largest absolute Gasteiger partial charge is 0.436 e. The zero-order chi connectivity index (χ0) is 13.7. The van der Waals surface area contributed by atoms with Crippen LogP contribution < -0.4 is 4.74 Å². The van der Waals surface area contributed by atoms with E-state index in [1.807, 2.05) is 0 Å². The number of halogens is 1. The van der Waals surface area contributed by atoms with Gasteiger partial charge in [-0.15, -0.1) is 0 Å². The van der Waals surface area contributed by atoms with Crippen LogP contribution in [0, 0.1) is 11.7 Å². The maximum absolute atomic E-state index is 13.8. The van der Waals surface area contributed by atoms with Crippen molar-refractivity contribution >= 4 is 5.57 Å². The van der Waals surface area contributed by atoms with Crippen LogP contribution in [0.4, 0.5) is 4.39 Å². The first-order valence-corrected chi connectivity index (χ1v) is 6.58. The quantitative estimate of drug-likeness (QED) is 0.768. The van der Waals surface area contributed by atoms with Crippen LogP contribution in [-0.4, -0.2) is 23.9 Å². The maximum atomic E-state index is 13.8. The highest BCUT2D eigenvalue weighted by Gasteiger charge is 2.18. The van der Waals surface area contributed by atoms with Crippen molar-refractivity contribution in [3.63, 3.8) is 0 Å². The highest BCUT2D eigenvalue weighted by Crippen LogP contribution is 2.32. The Hall–Kier alpha value is -1.49. The first-order valence-electron chi connectivity index (χ1n) is 6.58. The second-order valence-electron chi connectivity index (χ2n) is 4.68. The molecule has 0 amide bonds. The van der Waals surface area contributed by atoms with Crippen molar-refractivity contribution in [2.24, 2.45) is 5.92 Å². The second-order valence-corrected chi connectivity index (χ2v) is 4.68. The molecule has 0 N–H and O–H groups in total. The molecule has 0 aromatic carbocycles. The Balaban J connectivity index is 2.17. The SMILES string of the molecule is CCC1CC=C(c2nc(OCOC)ncc2F)CC1. The predicted octanol–water partition coefficient (Wildman–Crippen LogP) is 3.19. The number of hydrogen-bond acceptors (Lipinski definition) is 4. The number of rotatable bonds is 5. The van der Waals surface area contributed by atoms with E-state index in [1.54, 1.807) is 0 Å². The number of nitrogens with zero attached hydrogens (tertiary/aromatic N) is 2. The maximum Gasteiger partial charge on any atom is 0.319 e. The number of methoxy groups -OCH3 is 1. The van der Waals surface area contributed by atoms with E-state index < -0.39 is 5.82 Å². The molecule has 2 rings (SSSR count). The molecule has 104 valence electrons. The van der Waals surface area contributed by atoms with Crippen molar-refractivity contribution in [2.45, 2.75) is 32.6 Å². The lowest BCUT2D eigenvalue weighted by molar-refractivity contribution is 0.0440. The van der Waals surface area contributed by atoms with Gasteiger partial charge in [-0.05, 0) is 30.8 Å². The lowest BCUT2D eigenvalue weighted by atomic mass is 9.87. The third kappa shape index (κ3) is 3.50. The van der Waals surface area contributed by atoms with Gasteiger partial charge < -0.3 is 9.47 Å². The summed E-state index contributed by atoms with van der Waals surface area (Å²) in [5.74, 6) is 0.309. The molecule has 1 heterocycles. The molecular formula is C14H19FN2O2. The van der Waals surface area contributed by atoms with E-state index in [0.717, 1.165) is 37.5 Å². The summed E-state index contributed by atoms with van der Waals surface area (Å²) in [4.78, 5) is 7.91. The van der Waals surface area contributed by atoms with Crippen LogP contribution in [0.1, 0.15) is 38.3 Å². The second kappa shape index (κ2) is 6.61. The molecule has 0 saturated carbocycles. The van der Waals surface area contributed by atoms with Crippen molar-refractivity contribution in [3.05, 3.63) is 23.8 Å². The van der Waals surface area contributed by atoms with Crippen molar-refractivity contribution in [3.8, 4) is 6.01 Å². The van der Waals surface area contributed by atoms with Crippen LogP contribution in [0.2, 0.25) is 0 Å². The van der Waals surface area contributed by atoms with Crippen LogP contribution in [0.25, 0.3) is 5.57 Å². The van der Waals surface area contributed by atoms with Gasteiger partial charge >= 0.3 is 6.01 Å².